The van der Waals surface area contributed by atoms with Crippen LogP contribution in [0.5, 0.6) is 0 Å². The van der Waals surface area contributed by atoms with Gasteiger partial charge in [-0.2, -0.15) is 0 Å². The summed E-state index contributed by atoms with van der Waals surface area (Å²) in [7, 11) is 0. The molecule has 1 heterocycles. The molecule has 0 spiro atoms. The molecular formula is C12H17NO. The first-order valence-electron chi connectivity index (χ1n) is 5.18. The van der Waals surface area contributed by atoms with Crippen LogP contribution in [0.3, 0.4) is 0 Å². The largest absolute Gasteiger partial charge is 0.377 e. The average Bonchev–Trinajstić information content (AvgIpc) is 2.20. The fourth-order valence-corrected chi connectivity index (χ4v) is 1.85. The molecule has 76 valence electrons. The fraction of sp³-hybridized carbons (Fsp3) is 0.500. The first-order chi connectivity index (χ1) is 6.77. The molecule has 0 amide bonds. The van der Waals surface area contributed by atoms with Gasteiger partial charge in [0.05, 0.1) is 13.2 Å². The van der Waals surface area contributed by atoms with Crippen LogP contribution in [-0.4, -0.2) is 25.8 Å². The molecule has 1 aromatic rings. The van der Waals surface area contributed by atoms with Crippen molar-refractivity contribution in [2.24, 2.45) is 0 Å². The van der Waals surface area contributed by atoms with Crippen molar-refractivity contribution in [2.75, 3.05) is 24.7 Å². The topological polar surface area (TPSA) is 12.5 Å². The molecule has 1 saturated heterocycles. The van der Waals surface area contributed by atoms with Crippen LogP contribution in [-0.2, 0) is 4.74 Å². The van der Waals surface area contributed by atoms with Crippen LogP contribution in [0.4, 0.5) is 5.69 Å². The third-order valence-corrected chi connectivity index (χ3v) is 2.73. The van der Waals surface area contributed by atoms with Gasteiger partial charge in [-0.1, -0.05) is 17.7 Å². The predicted molar refractivity (Wildman–Crippen MR) is 58.8 cm³/mol. The van der Waals surface area contributed by atoms with Crippen molar-refractivity contribution in [2.45, 2.75) is 19.9 Å². The Labute approximate surface area is 85.5 Å². The summed E-state index contributed by atoms with van der Waals surface area (Å²) in [6, 6.07) is 9.20. The van der Waals surface area contributed by atoms with Gasteiger partial charge in [0.25, 0.3) is 0 Å². The maximum absolute atomic E-state index is 5.42. The minimum absolute atomic E-state index is 0.492. The Bertz CT molecular complexity index is 294. The Morgan fingerprint density at radius 3 is 2.64 bits per heavy atom. The third kappa shape index (κ3) is 1.90. The number of nitrogens with zero attached hydrogens (tertiary/aromatic N) is 1. The highest BCUT2D eigenvalue weighted by Gasteiger charge is 2.18. The van der Waals surface area contributed by atoms with Gasteiger partial charge in [-0.25, -0.2) is 0 Å². The van der Waals surface area contributed by atoms with E-state index in [-0.39, 0.29) is 0 Å². The van der Waals surface area contributed by atoms with Gasteiger partial charge >= 0.3 is 0 Å². The molecule has 0 bridgehead atoms. The maximum atomic E-state index is 5.42. The number of morpholine rings is 1. The second kappa shape index (κ2) is 4.01. The third-order valence-electron chi connectivity index (χ3n) is 2.73. The van der Waals surface area contributed by atoms with E-state index in [1.165, 1.54) is 11.3 Å². The standard InChI is InChI=1S/C12H17NO/c1-10-3-5-12(6-4-10)13-7-8-14-9-11(13)2/h3-6,11H,7-9H2,1-2H3/t11-/m1/s1. The Kier molecular flexibility index (Phi) is 2.73. The van der Waals surface area contributed by atoms with Crippen LogP contribution < -0.4 is 4.90 Å². The van der Waals surface area contributed by atoms with Gasteiger partial charge in [-0.15, -0.1) is 0 Å². The van der Waals surface area contributed by atoms with Crippen LogP contribution in [0.15, 0.2) is 24.3 Å². The summed E-state index contributed by atoms with van der Waals surface area (Å²) in [5.74, 6) is 0. The number of benzene rings is 1. The smallest absolute Gasteiger partial charge is 0.0668 e. The van der Waals surface area contributed by atoms with Crippen molar-refractivity contribution >= 4 is 5.69 Å². The minimum atomic E-state index is 0.492. The Hall–Kier alpha value is -1.02. The monoisotopic (exact) mass is 191 g/mol. The van der Waals surface area contributed by atoms with Gasteiger partial charge in [0.15, 0.2) is 0 Å². The number of anilines is 1. The summed E-state index contributed by atoms with van der Waals surface area (Å²) >= 11 is 0. The Morgan fingerprint density at radius 1 is 1.29 bits per heavy atom. The zero-order valence-electron chi connectivity index (χ0n) is 8.86. The van der Waals surface area contributed by atoms with E-state index in [2.05, 4.69) is 43.0 Å². The highest BCUT2D eigenvalue weighted by atomic mass is 16.5. The summed E-state index contributed by atoms with van der Waals surface area (Å²) in [6.45, 7) is 7.02. The highest BCUT2D eigenvalue weighted by Crippen LogP contribution is 2.19. The van der Waals surface area contributed by atoms with Crippen LogP contribution in [0, 0.1) is 6.92 Å². The molecule has 0 aliphatic carbocycles. The summed E-state index contributed by atoms with van der Waals surface area (Å²) in [4.78, 5) is 2.41. The van der Waals surface area contributed by atoms with Gasteiger partial charge in [-0.05, 0) is 26.0 Å². The zero-order chi connectivity index (χ0) is 9.97. The first kappa shape index (κ1) is 9.53. The molecule has 2 nitrogen and oxygen atoms in total. The lowest BCUT2D eigenvalue weighted by Crippen LogP contribution is -2.43. The lowest BCUT2D eigenvalue weighted by atomic mass is 10.1. The fourth-order valence-electron chi connectivity index (χ4n) is 1.85. The molecule has 2 heteroatoms. The molecule has 14 heavy (non-hydrogen) atoms. The van der Waals surface area contributed by atoms with Gasteiger partial charge in [0.1, 0.15) is 0 Å². The summed E-state index contributed by atoms with van der Waals surface area (Å²) in [6.07, 6.45) is 0. The van der Waals surface area contributed by atoms with Crippen molar-refractivity contribution in [3.63, 3.8) is 0 Å². The Morgan fingerprint density at radius 2 is 2.00 bits per heavy atom. The van der Waals surface area contributed by atoms with Crippen LogP contribution in [0.1, 0.15) is 12.5 Å². The van der Waals surface area contributed by atoms with Gasteiger partial charge in [-0.3, -0.25) is 0 Å². The molecule has 0 radical (unpaired) electrons. The molecule has 1 atom stereocenters. The van der Waals surface area contributed by atoms with Crippen LogP contribution >= 0.6 is 0 Å². The summed E-state index contributed by atoms with van der Waals surface area (Å²) in [5.41, 5.74) is 2.63. The van der Waals surface area contributed by atoms with Gasteiger partial charge in [0.2, 0.25) is 0 Å². The zero-order valence-corrected chi connectivity index (χ0v) is 8.86. The SMILES string of the molecule is Cc1ccc(N2CCOC[C@H]2C)cc1. The lowest BCUT2D eigenvalue weighted by molar-refractivity contribution is 0.0989. The second-order valence-corrected chi connectivity index (χ2v) is 3.95. The van der Waals surface area contributed by atoms with Crippen molar-refractivity contribution in [1.82, 2.24) is 0 Å². The number of hydrogen-bond donors (Lipinski definition) is 0. The maximum Gasteiger partial charge on any atom is 0.0668 e. The van der Waals surface area contributed by atoms with E-state index in [0.717, 1.165) is 19.8 Å². The number of ether oxygens (including phenoxy) is 1. The van der Waals surface area contributed by atoms with E-state index in [0.29, 0.717) is 6.04 Å². The highest BCUT2D eigenvalue weighted by molar-refractivity contribution is 5.48. The minimum Gasteiger partial charge on any atom is -0.377 e. The molecular weight excluding hydrogens is 174 g/mol. The van der Waals surface area contributed by atoms with Crippen molar-refractivity contribution in [3.05, 3.63) is 29.8 Å². The average molecular weight is 191 g/mol. The van der Waals surface area contributed by atoms with Gasteiger partial charge < -0.3 is 9.64 Å². The van der Waals surface area contributed by atoms with E-state index in [9.17, 15) is 0 Å². The van der Waals surface area contributed by atoms with E-state index >= 15 is 0 Å². The quantitative estimate of drug-likeness (QED) is 0.675. The van der Waals surface area contributed by atoms with Crippen LogP contribution in [0.25, 0.3) is 0 Å². The Balaban J connectivity index is 2.16. The van der Waals surface area contributed by atoms with Gasteiger partial charge in [0, 0.05) is 18.3 Å². The molecule has 1 aliphatic heterocycles. The predicted octanol–water partition coefficient (Wildman–Crippen LogP) is 2.22. The molecule has 1 fully saturated rings. The second-order valence-electron chi connectivity index (χ2n) is 3.95. The van der Waals surface area contributed by atoms with Crippen molar-refractivity contribution < 1.29 is 4.74 Å². The lowest BCUT2D eigenvalue weighted by Gasteiger charge is -2.35. The van der Waals surface area contributed by atoms with E-state index < -0.39 is 0 Å². The molecule has 0 saturated carbocycles. The van der Waals surface area contributed by atoms with E-state index in [4.69, 9.17) is 4.74 Å². The molecule has 0 N–H and O–H groups in total. The number of rotatable bonds is 1. The first-order valence-corrected chi connectivity index (χ1v) is 5.18. The number of hydrogen-bond acceptors (Lipinski definition) is 2. The molecule has 0 unspecified atom stereocenters. The molecule has 1 aromatic carbocycles. The van der Waals surface area contributed by atoms with Crippen molar-refractivity contribution in [3.8, 4) is 0 Å². The summed E-state index contributed by atoms with van der Waals surface area (Å²) < 4.78 is 5.42. The summed E-state index contributed by atoms with van der Waals surface area (Å²) in [5, 5.41) is 0. The normalized spacial score (nSPS) is 22.4. The van der Waals surface area contributed by atoms with Crippen LogP contribution in [0.2, 0.25) is 0 Å². The molecule has 0 aromatic heterocycles. The van der Waals surface area contributed by atoms with Crippen molar-refractivity contribution in [1.29, 1.82) is 0 Å². The molecule has 1 aliphatic rings. The van der Waals surface area contributed by atoms with E-state index in [1.54, 1.807) is 0 Å². The molecule has 2 rings (SSSR count). The van der Waals surface area contributed by atoms with E-state index in [1.807, 2.05) is 0 Å². The number of aryl methyl sites for hydroxylation is 1.